The molecule has 0 radical (unpaired) electrons. The number of nitrogens with one attached hydrogen (secondary N) is 1. The van der Waals surface area contributed by atoms with Crippen LogP contribution < -0.4 is 5.32 Å². The first kappa shape index (κ1) is 32.3. The fraction of sp³-hybridized carbons (Fsp3) is 0.452. The number of hydrogen-bond acceptors (Lipinski definition) is 6. The summed E-state index contributed by atoms with van der Waals surface area (Å²) >= 11 is 7.56. The number of hydrogen-bond donors (Lipinski definition) is 1. The third-order valence-corrected chi connectivity index (χ3v) is 9.21. The van der Waals surface area contributed by atoms with Crippen LogP contribution in [-0.4, -0.2) is 62.8 Å². The molecule has 10 heteroatoms. The Hall–Kier alpha value is -3.17. The highest BCUT2D eigenvalue weighted by atomic mass is 35.5. The lowest BCUT2D eigenvalue weighted by Gasteiger charge is -2.41. The zero-order valence-corrected chi connectivity index (χ0v) is 26.5. The van der Waals surface area contributed by atoms with Crippen molar-refractivity contribution in [2.24, 2.45) is 0 Å². The van der Waals surface area contributed by atoms with Gasteiger partial charge in [-0.2, -0.15) is 10.2 Å². The minimum absolute atomic E-state index is 0.00979. The molecule has 0 aliphatic carbocycles. The number of aryl methyl sites for hydroxylation is 1. The highest BCUT2D eigenvalue weighted by Gasteiger charge is 2.30. The normalized spacial score (nSPS) is 12.7. The maximum Gasteiger partial charge on any atom is 0.212 e. The van der Waals surface area contributed by atoms with Crippen LogP contribution in [0, 0.1) is 12.7 Å². The molecule has 0 fully saturated rings. The zero-order valence-electron chi connectivity index (χ0n) is 25.0. The summed E-state index contributed by atoms with van der Waals surface area (Å²) in [6.07, 6.45) is 6.28. The standard InChI is InChI=1S/C31H42ClFN6OS/c1-9-25-12-13-27(33)17-28(25)26(11-10-14-32)18-38(23(6)22(5)37(8)20(2)3)24(7)29-21(4)31(39-35-15-16-36-39)41-30(29)34-19-40/h12-13,15-17,19-20,23,26H,5,7,9-11,14,18H2,1-4,6,8H3,(H,34,40)/t23-,26+/m1/s1. The van der Waals surface area contributed by atoms with Crippen molar-refractivity contribution < 1.29 is 9.18 Å². The van der Waals surface area contributed by atoms with Crippen LogP contribution in [0.3, 0.4) is 0 Å². The van der Waals surface area contributed by atoms with Crippen molar-refractivity contribution in [1.29, 1.82) is 0 Å². The largest absolute Gasteiger partial charge is 0.374 e. The highest BCUT2D eigenvalue weighted by molar-refractivity contribution is 7.19. The van der Waals surface area contributed by atoms with Gasteiger partial charge in [0.15, 0.2) is 0 Å². The van der Waals surface area contributed by atoms with Gasteiger partial charge < -0.3 is 15.1 Å². The van der Waals surface area contributed by atoms with Crippen LogP contribution in [0.2, 0.25) is 0 Å². The van der Waals surface area contributed by atoms with Crippen LogP contribution in [0.1, 0.15) is 68.7 Å². The summed E-state index contributed by atoms with van der Waals surface area (Å²) in [5, 5.41) is 12.9. The summed E-state index contributed by atoms with van der Waals surface area (Å²) in [6, 6.07) is 5.16. The van der Waals surface area contributed by atoms with Gasteiger partial charge >= 0.3 is 0 Å². The summed E-state index contributed by atoms with van der Waals surface area (Å²) in [6.45, 7) is 20.0. The molecule has 3 rings (SSSR count). The Kier molecular flexibility index (Phi) is 11.5. The number of alkyl halides is 1. The van der Waals surface area contributed by atoms with Crippen molar-refractivity contribution in [3.8, 4) is 5.00 Å². The third-order valence-electron chi connectivity index (χ3n) is 7.76. The van der Waals surface area contributed by atoms with Crippen LogP contribution in [0.15, 0.2) is 49.4 Å². The van der Waals surface area contributed by atoms with E-state index in [0.717, 1.165) is 57.9 Å². The van der Waals surface area contributed by atoms with Gasteiger partial charge in [-0.05, 0) is 75.8 Å². The average Bonchev–Trinajstić information content (AvgIpc) is 3.59. The Morgan fingerprint density at radius 1 is 1.24 bits per heavy atom. The molecule has 2 atom stereocenters. The van der Waals surface area contributed by atoms with Crippen molar-refractivity contribution in [3.63, 3.8) is 0 Å². The number of halogens is 2. The zero-order chi connectivity index (χ0) is 30.3. The van der Waals surface area contributed by atoms with Gasteiger partial charge in [0, 0.05) is 48.4 Å². The van der Waals surface area contributed by atoms with Crippen molar-refractivity contribution >= 4 is 40.0 Å². The van der Waals surface area contributed by atoms with Crippen molar-refractivity contribution in [2.45, 2.75) is 71.9 Å². The van der Waals surface area contributed by atoms with E-state index < -0.39 is 0 Å². The quantitative estimate of drug-likeness (QED) is 0.139. The molecule has 0 bridgehead atoms. The van der Waals surface area contributed by atoms with Gasteiger partial charge in [0.05, 0.1) is 18.4 Å². The predicted molar refractivity (Wildman–Crippen MR) is 169 cm³/mol. The van der Waals surface area contributed by atoms with E-state index in [1.807, 2.05) is 20.0 Å². The molecule has 1 N–H and O–H groups in total. The average molecular weight is 601 g/mol. The van der Waals surface area contributed by atoms with Crippen LogP contribution in [0.5, 0.6) is 0 Å². The molecule has 0 saturated carbocycles. The molecule has 222 valence electrons. The Morgan fingerprint density at radius 3 is 2.51 bits per heavy atom. The number of carbonyl (C=O) groups excluding carboxylic acids is 1. The summed E-state index contributed by atoms with van der Waals surface area (Å²) in [4.78, 5) is 17.6. The highest BCUT2D eigenvalue weighted by Crippen LogP contribution is 2.42. The minimum atomic E-state index is -0.252. The minimum Gasteiger partial charge on any atom is -0.374 e. The molecule has 41 heavy (non-hydrogen) atoms. The van der Waals surface area contributed by atoms with Gasteiger partial charge in [0.25, 0.3) is 0 Å². The van der Waals surface area contributed by atoms with Crippen molar-refractivity contribution in [2.75, 3.05) is 24.8 Å². The first-order chi connectivity index (χ1) is 19.5. The number of amides is 1. The maximum atomic E-state index is 14.6. The molecule has 1 amide bonds. The second-order valence-corrected chi connectivity index (χ2v) is 11.9. The first-order valence-corrected chi connectivity index (χ1v) is 15.3. The van der Waals surface area contributed by atoms with Crippen LogP contribution in [-0.2, 0) is 11.2 Å². The molecule has 0 aliphatic rings. The second kappa shape index (κ2) is 14.6. The SMILES string of the molecule is C=C([C@@H](C)N(C[C@H](CCCCl)c1cc(F)ccc1CC)C(=C)c1c(NC=O)sc(-n2nccn2)c1C)N(C)C(C)C. The maximum absolute atomic E-state index is 14.6. The van der Waals surface area contributed by atoms with Crippen LogP contribution in [0.4, 0.5) is 9.39 Å². The van der Waals surface area contributed by atoms with E-state index in [-0.39, 0.29) is 23.8 Å². The lowest BCUT2D eigenvalue weighted by Crippen LogP contribution is -2.42. The fourth-order valence-electron chi connectivity index (χ4n) is 5.14. The van der Waals surface area contributed by atoms with E-state index in [0.29, 0.717) is 23.8 Å². The molecule has 0 saturated heterocycles. The Labute approximate surface area is 252 Å². The summed E-state index contributed by atoms with van der Waals surface area (Å²) in [5.41, 5.74) is 5.48. The van der Waals surface area contributed by atoms with E-state index in [9.17, 15) is 9.18 Å². The third kappa shape index (κ3) is 7.38. The van der Waals surface area contributed by atoms with Crippen LogP contribution in [0.25, 0.3) is 10.7 Å². The number of anilines is 1. The van der Waals surface area contributed by atoms with Gasteiger partial charge in [-0.1, -0.05) is 37.5 Å². The Bertz CT molecular complexity index is 1340. The molecule has 2 aromatic heterocycles. The van der Waals surface area contributed by atoms with E-state index in [4.69, 9.17) is 11.6 Å². The topological polar surface area (TPSA) is 66.3 Å². The Balaban J connectivity index is 2.17. The molecular weight excluding hydrogens is 559 g/mol. The molecule has 7 nitrogen and oxygen atoms in total. The van der Waals surface area contributed by atoms with E-state index >= 15 is 0 Å². The van der Waals surface area contributed by atoms with Gasteiger partial charge in [-0.25, -0.2) is 4.39 Å². The number of benzene rings is 1. The number of nitrogens with zero attached hydrogens (tertiary/aromatic N) is 5. The number of likely N-dealkylation sites (N-methyl/N-ethyl adjacent to an activating group) is 1. The predicted octanol–water partition coefficient (Wildman–Crippen LogP) is 7.22. The monoisotopic (exact) mass is 600 g/mol. The van der Waals surface area contributed by atoms with E-state index in [1.54, 1.807) is 23.3 Å². The molecule has 0 unspecified atom stereocenters. The van der Waals surface area contributed by atoms with Gasteiger partial charge in [-0.3, -0.25) is 4.79 Å². The number of carbonyl (C=O) groups is 1. The van der Waals surface area contributed by atoms with Gasteiger partial charge in [0.1, 0.15) is 15.8 Å². The molecule has 3 aromatic rings. The van der Waals surface area contributed by atoms with Gasteiger partial charge in [-0.15, -0.1) is 16.4 Å². The molecule has 2 heterocycles. The van der Waals surface area contributed by atoms with Gasteiger partial charge in [0.2, 0.25) is 6.41 Å². The van der Waals surface area contributed by atoms with E-state index in [1.165, 1.54) is 17.4 Å². The summed E-state index contributed by atoms with van der Waals surface area (Å²) in [7, 11) is 2.04. The molecule has 0 spiro atoms. The fourth-order valence-corrected chi connectivity index (χ4v) is 6.40. The second-order valence-electron chi connectivity index (χ2n) is 10.5. The smallest absolute Gasteiger partial charge is 0.212 e. The first-order valence-electron chi connectivity index (χ1n) is 14.0. The summed E-state index contributed by atoms with van der Waals surface area (Å²) in [5.74, 6) is 0.256. The number of thiophene rings is 1. The molecule has 1 aromatic carbocycles. The van der Waals surface area contributed by atoms with E-state index in [2.05, 4.69) is 66.2 Å². The lowest BCUT2D eigenvalue weighted by atomic mass is 9.88. The lowest BCUT2D eigenvalue weighted by molar-refractivity contribution is -0.105. The summed E-state index contributed by atoms with van der Waals surface area (Å²) < 4.78 is 14.6. The Morgan fingerprint density at radius 2 is 1.93 bits per heavy atom. The van der Waals surface area contributed by atoms with Crippen molar-refractivity contribution in [1.82, 2.24) is 24.8 Å². The number of aromatic nitrogens is 3. The molecule has 0 aliphatic heterocycles. The number of rotatable bonds is 16. The molecular formula is C31H42ClFN6OS. The van der Waals surface area contributed by atoms with Crippen LogP contribution >= 0.6 is 22.9 Å². The van der Waals surface area contributed by atoms with Crippen molar-refractivity contribution in [3.05, 3.63) is 77.5 Å².